The molecular formula is C21H26N2O. The molecule has 1 N–H and O–H groups in total. The van der Waals surface area contributed by atoms with Crippen molar-refractivity contribution in [3.8, 4) is 11.4 Å². The molecule has 3 nitrogen and oxygen atoms in total. The van der Waals surface area contributed by atoms with Crippen molar-refractivity contribution in [1.29, 1.82) is 0 Å². The van der Waals surface area contributed by atoms with E-state index in [0.29, 0.717) is 5.75 Å². The second-order valence-electron chi connectivity index (χ2n) is 8.52. The van der Waals surface area contributed by atoms with Crippen molar-refractivity contribution in [2.75, 3.05) is 0 Å². The Labute approximate surface area is 143 Å². The van der Waals surface area contributed by atoms with Gasteiger partial charge in [-0.1, -0.05) is 65.8 Å². The standard InChI is InChI=1S/C21H26N2O/c1-20(2,3)15-11-16(21(4,5)6)19(24)18(12-15)23-13-14-9-7-8-10-17(14)22-23/h7-13,24H,1-6H3. The zero-order valence-corrected chi connectivity index (χ0v) is 15.4. The lowest BCUT2D eigenvalue weighted by atomic mass is 9.79. The molecule has 3 rings (SSSR count). The van der Waals surface area contributed by atoms with Gasteiger partial charge in [0.05, 0.1) is 5.52 Å². The average molecular weight is 322 g/mol. The topological polar surface area (TPSA) is 38.0 Å². The Hall–Kier alpha value is -2.29. The highest BCUT2D eigenvalue weighted by Gasteiger charge is 2.25. The number of phenols is 1. The summed E-state index contributed by atoms with van der Waals surface area (Å²) >= 11 is 0. The van der Waals surface area contributed by atoms with Crippen LogP contribution in [0.1, 0.15) is 52.7 Å². The smallest absolute Gasteiger partial charge is 0.144 e. The summed E-state index contributed by atoms with van der Waals surface area (Å²) in [7, 11) is 0. The van der Waals surface area contributed by atoms with Crippen LogP contribution in [0.2, 0.25) is 0 Å². The molecule has 2 aromatic carbocycles. The van der Waals surface area contributed by atoms with E-state index in [1.807, 2.05) is 30.5 Å². The van der Waals surface area contributed by atoms with Crippen LogP contribution in [0.4, 0.5) is 0 Å². The Morgan fingerprint density at radius 3 is 2.17 bits per heavy atom. The van der Waals surface area contributed by atoms with Crippen molar-refractivity contribution in [2.45, 2.75) is 52.4 Å². The molecule has 3 heteroatoms. The SMILES string of the molecule is CC(C)(C)c1cc(-n2cc3ccccc3n2)c(O)c(C(C)(C)C)c1. The summed E-state index contributed by atoms with van der Waals surface area (Å²) in [5.74, 6) is 0.309. The predicted molar refractivity (Wildman–Crippen MR) is 100 cm³/mol. The fraction of sp³-hybridized carbons (Fsp3) is 0.381. The van der Waals surface area contributed by atoms with Gasteiger partial charge in [-0.3, -0.25) is 0 Å². The molecule has 1 heterocycles. The second kappa shape index (κ2) is 5.37. The van der Waals surface area contributed by atoms with Crippen molar-refractivity contribution >= 4 is 10.9 Å². The number of hydrogen-bond acceptors (Lipinski definition) is 2. The van der Waals surface area contributed by atoms with Gasteiger partial charge in [0.2, 0.25) is 0 Å². The summed E-state index contributed by atoms with van der Waals surface area (Å²) in [4.78, 5) is 0. The summed E-state index contributed by atoms with van der Waals surface area (Å²) in [6, 6.07) is 12.2. The Morgan fingerprint density at radius 2 is 1.58 bits per heavy atom. The molecule has 0 fully saturated rings. The minimum absolute atomic E-state index is 0.00494. The molecule has 0 amide bonds. The van der Waals surface area contributed by atoms with E-state index in [4.69, 9.17) is 0 Å². The summed E-state index contributed by atoms with van der Waals surface area (Å²) < 4.78 is 1.80. The minimum atomic E-state index is -0.146. The zero-order chi connectivity index (χ0) is 17.7. The molecule has 126 valence electrons. The van der Waals surface area contributed by atoms with Gasteiger partial charge in [-0.05, 0) is 28.5 Å². The van der Waals surface area contributed by atoms with Crippen molar-refractivity contribution in [3.05, 3.63) is 53.7 Å². The first-order chi connectivity index (χ1) is 11.1. The highest BCUT2D eigenvalue weighted by molar-refractivity contribution is 5.78. The van der Waals surface area contributed by atoms with Crippen molar-refractivity contribution in [3.63, 3.8) is 0 Å². The van der Waals surface area contributed by atoms with Crippen LogP contribution in [-0.2, 0) is 10.8 Å². The van der Waals surface area contributed by atoms with E-state index >= 15 is 0 Å². The zero-order valence-electron chi connectivity index (χ0n) is 15.4. The molecule has 0 unspecified atom stereocenters. The molecule has 24 heavy (non-hydrogen) atoms. The molecule has 0 bridgehead atoms. The van der Waals surface area contributed by atoms with Gasteiger partial charge in [0.1, 0.15) is 11.4 Å². The third-order valence-electron chi connectivity index (χ3n) is 4.42. The lowest BCUT2D eigenvalue weighted by molar-refractivity contribution is 0.440. The molecule has 0 aliphatic heterocycles. The number of fused-ring (bicyclic) bond motifs is 1. The first kappa shape index (κ1) is 16.6. The molecular weight excluding hydrogens is 296 g/mol. The predicted octanol–water partition coefficient (Wildman–Crippen LogP) is 5.33. The molecule has 0 spiro atoms. The van der Waals surface area contributed by atoms with E-state index in [0.717, 1.165) is 22.2 Å². The van der Waals surface area contributed by atoms with Crippen LogP contribution in [0.5, 0.6) is 5.75 Å². The molecule has 0 saturated carbocycles. The molecule has 1 aromatic heterocycles. The van der Waals surface area contributed by atoms with Crippen LogP contribution < -0.4 is 0 Å². The molecule has 0 radical (unpaired) electrons. The number of aromatic hydroxyl groups is 1. The van der Waals surface area contributed by atoms with Crippen LogP contribution in [-0.4, -0.2) is 14.9 Å². The maximum atomic E-state index is 10.9. The summed E-state index contributed by atoms with van der Waals surface area (Å²) in [6.07, 6.45) is 1.98. The Morgan fingerprint density at radius 1 is 0.917 bits per heavy atom. The minimum Gasteiger partial charge on any atom is -0.505 e. The van der Waals surface area contributed by atoms with Crippen molar-refractivity contribution in [1.82, 2.24) is 9.78 Å². The normalized spacial score (nSPS) is 12.8. The number of benzene rings is 2. The van der Waals surface area contributed by atoms with Crippen LogP contribution in [0.25, 0.3) is 16.6 Å². The van der Waals surface area contributed by atoms with Gasteiger partial charge in [-0.2, -0.15) is 5.10 Å². The molecule has 0 atom stereocenters. The van der Waals surface area contributed by atoms with Gasteiger partial charge in [0.15, 0.2) is 0 Å². The maximum Gasteiger partial charge on any atom is 0.144 e. The van der Waals surface area contributed by atoms with E-state index in [-0.39, 0.29) is 10.8 Å². The highest BCUT2D eigenvalue weighted by atomic mass is 16.3. The lowest BCUT2D eigenvalue weighted by Crippen LogP contribution is -2.18. The van der Waals surface area contributed by atoms with Gasteiger partial charge in [0.25, 0.3) is 0 Å². The lowest BCUT2D eigenvalue weighted by Gasteiger charge is -2.27. The van der Waals surface area contributed by atoms with Crippen LogP contribution in [0.3, 0.4) is 0 Å². The Balaban J connectivity index is 2.30. The summed E-state index contributed by atoms with van der Waals surface area (Å²) in [5, 5.41) is 16.6. The maximum absolute atomic E-state index is 10.9. The molecule has 0 aliphatic carbocycles. The number of hydrogen-bond donors (Lipinski definition) is 1. The van der Waals surface area contributed by atoms with E-state index in [9.17, 15) is 5.11 Å². The van der Waals surface area contributed by atoms with E-state index in [2.05, 4.69) is 58.8 Å². The van der Waals surface area contributed by atoms with Gasteiger partial charge in [0, 0.05) is 17.1 Å². The quantitative estimate of drug-likeness (QED) is 0.658. The van der Waals surface area contributed by atoms with E-state index in [1.165, 1.54) is 5.56 Å². The average Bonchev–Trinajstić information content (AvgIpc) is 2.88. The van der Waals surface area contributed by atoms with Gasteiger partial charge >= 0.3 is 0 Å². The first-order valence-electron chi connectivity index (χ1n) is 8.40. The van der Waals surface area contributed by atoms with E-state index < -0.39 is 0 Å². The Kier molecular flexibility index (Phi) is 3.71. The molecule has 0 saturated heterocycles. The second-order valence-corrected chi connectivity index (χ2v) is 8.52. The third-order valence-corrected chi connectivity index (χ3v) is 4.42. The van der Waals surface area contributed by atoms with Gasteiger partial charge in [-0.15, -0.1) is 0 Å². The molecule has 3 aromatic rings. The monoisotopic (exact) mass is 322 g/mol. The van der Waals surface area contributed by atoms with Gasteiger partial charge < -0.3 is 5.11 Å². The highest BCUT2D eigenvalue weighted by Crippen LogP contribution is 2.39. The van der Waals surface area contributed by atoms with Crippen molar-refractivity contribution < 1.29 is 5.11 Å². The number of nitrogens with zero attached hydrogens (tertiary/aromatic N) is 2. The number of phenolic OH excluding ortho intramolecular Hbond substituents is 1. The van der Waals surface area contributed by atoms with Crippen LogP contribution in [0, 0.1) is 0 Å². The van der Waals surface area contributed by atoms with Crippen molar-refractivity contribution in [2.24, 2.45) is 0 Å². The Bertz CT molecular complexity index is 859. The fourth-order valence-electron chi connectivity index (χ4n) is 2.89. The van der Waals surface area contributed by atoms with Gasteiger partial charge in [-0.25, -0.2) is 4.68 Å². The van der Waals surface area contributed by atoms with Crippen LogP contribution in [0.15, 0.2) is 42.6 Å². The summed E-state index contributed by atoms with van der Waals surface area (Å²) in [6.45, 7) is 12.9. The van der Waals surface area contributed by atoms with E-state index in [1.54, 1.807) is 4.68 Å². The number of rotatable bonds is 1. The van der Waals surface area contributed by atoms with Crippen LogP contribution >= 0.6 is 0 Å². The third kappa shape index (κ3) is 2.91. The fourth-order valence-corrected chi connectivity index (χ4v) is 2.89. The first-order valence-corrected chi connectivity index (χ1v) is 8.40. The number of aromatic nitrogens is 2. The largest absolute Gasteiger partial charge is 0.505 e. The molecule has 0 aliphatic rings. The summed E-state index contributed by atoms with van der Waals surface area (Å²) in [5.41, 5.74) is 3.66.